The summed E-state index contributed by atoms with van der Waals surface area (Å²) in [7, 11) is 0. The second-order valence-corrected chi connectivity index (χ2v) is 9.89. The van der Waals surface area contributed by atoms with Gasteiger partial charge in [-0.3, -0.25) is 0 Å². The van der Waals surface area contributed by atoms with Gasteiger partial charge in [-0.2, -0.15) is 0 Å². The molecule has 178 valence electrons. The van der Waals surface area contributed by atoms with E-state index in [0.717, 1.165) is 17.0 Å². The van der Waals surface area contributed by atoms with Crippen molar-refractivity contribution in [2.24, 2.45) is 0 Å². The highest BCUT2D eigenvalue weighted by Gasteiger charge is 2.24. The number of hydrogen-bond acceptors (Lipinski definition) is 6. The molecule has 2 unspecified atom stereocenters. The van der Waals surface area contributed by atoms with Crippen LogP contribution >= 0.6 is 0 Å². The minimum absolute atomic E-state index is 0.0376. The SMILES string of the molecule is CC(C)(C)c1cccc(OCC(CO)OCC(C)(C)c2cccc(NCC(O)CO)c2)c1. The molecular weight excluding hydrogens is 406 g/mol. The summed E-state index contributed by atoms with van der Waals surface area (Å²) < 4.78 is 11.9. The van der Waals surface area contributed by atoms with E-state index in [9.17, 15) is 10.2 Å². The summed E-state index contributed by atoms with van der Waals surface area (Å²) in [6.45, 7) is 11.2. The van der Waals surface area contributed by atoms with Crippen LogP contribution in [0.1, 0.15) is 45.7 Å². The second-order valence-electron chi connectivity index (χ2n) is 9.89. The molecule has 4 N–H and O–H groups in total. The van der Waals surface area contributed by atoms with Crippen molar-refractivity contribution in [3.63, 3.8) is 0 Å². The van der Waals surface area contributed by atoms with Crippen LogP contribution in [0.15, 0.2) is 48.5 Å². The van der Waals surface area contributed by atoms with Crippen LogP contribution in [0.3, 0.4) is 0 Å². The van der Waals surface area contributed by atoms with Gasteiger partial charge >= 0.3 is 0 Å². The fourth-order valence-corrected chi connectivity index (χ4v) is 3.15. The molecule has 2 aromatic carbocycles. The Morgan fingerprint density at radius 3 is 2.25 bits per heavy atom. The van der Waals surface area contributed by atoms with E-state index in [1.54, 1.807) is 0 Å². The van der Waals surface area contributed by atoms with Gasteiger partial charge in [-0.1, -0.05) is 58.9 Å². The molecule has 0 aliphatic heterocycles. The van der Waals surface area contributed by atoms with E-state index in [0.29, 0.717) is 6.61 Å². The normalized spacial score (nSPS) is 14.1. The summed E-state index contributed by atoms with van der Waals surface area (Å²) in [6, 6.07) is 15.9. The Balaban J connectivity index is 1.94. The molecule has 0 amide bonds. The average Bonchev–Trinajstić information content (AvgIpc) is 2.77. The van der Waals surface area contributed by atoms with Crippen molar-refractivity contribution in [1.82, 2.24) is 0 Å². The van der Waals surface area contributed by atoms with Crippen LogP contribution in [-0.2, 0) is 15.6 Å². The van der Waals surface area contributed by atoms with Gasteiger partial charge in [-0.25, -0.2) is 0 Å². The van der Waals surface area contributed by atoms with E-state index in [1.165, 1.54) is 5.56 Å². The molecule has 0 bridgehead atoms. The van der Waals surface area contributed by atoms with Gasteiger partial charge in [0.1, 0.15) is 18.5 Å². The molecule has 0 heterocycles. The molecule has 6 nitrogen and oxygen atoms in total. The van der Waals surface area contributed by atoms with Crippen LogP contribution in [0.2, 0.25) is 0 Å². The van der Waals surface area contributed by atoms with E-state index in [-0.39, 0.29) is 37.2 Å². The van der Waals surface area contributed by atoms with Gasteiger partial charge in [-0.15, -0.1) is 0 Å². The predicted molar refractivity (Wildman–Crippen MR) is 129 cm³/mol. The lowest BCUT2D eigenvalue weighted by molar-refractivity contribution is -0.0301. The number of nitrogens with one attached hydrogen (secondary N) is 1. The minimum atomic E-state index is -0.801. The lowest BCUT2D eigenvalue weighted by atomic mass is 9.85. The van der Waals surface area contributed by atoms with E-state index < -0.39 is 12.2 Å². The molecule has 0 saturated carbocycles. The van der Waals surface area contributed by atoms with Gasteiger partial charge in [-0.05, 0) is 40.8 Å². The quantitative estimate of drug-likeness (QED) is 0.400. The lowest BCUT2D eigenvalue weighted by Crippen LogP contribution is -2.33. The first kappa shape index (κ1) is 26.1. The summed E-state index contributed by atoms with van der Waals surface area (Å²) in [4.78, 5) is 0. The smallest absolute Gasteiger partial charge is 0.119 e. The van der Waals surface area contributed by atoms with Crippen LogP contribution in [0.5, 0.6) is 5.75 Å². The molecule has 0 aromatic heterocycles. The van der Waals surface area contributed by atoms with Crippen LogP contribution in [-0.4, -0.2) is 60.5 Å². The average molecular weight is 446 g/mol. The molecule has 0 spiro atoms. The van der Waals surface area contributed by atoms with Crippen molar-refractivity contribution in [2.45, 2.75) is 57.7 Å². The Morgan fingerprint density at radius 1 is 0.906 bits per heavy atom. The zero-order valence-electron chi connectivity index (χ0n) is 20.0. The van der Waals surface area contributed by atoms with Crippen LogP contribution in [0, 0.1) is 0 Å². The van der Waals surface area contributed by atoms with Crippen molar-refractivity contribution >= 4 is 5.69 Å². The maximum absolute atomic E-state index is 9.79. The van der Waals surface area contributed by atoms with Gasteiger partial charge in [0.05, 0.1) is 25.9 Å². The standard InChI is InChI=1S/C26H39NO5/c1-25(2,3)19-8-7-11-23(13-19)31-17-24(16-29)32-18-26(4,5)20-9-6-10-21(12-20)27-14-22(30)15-28/h6-13,22,24,27-30H,14-18H2,1-5H3. The van der Waals surface area contributed by atoms with Crippen molar-refractivity contribution in [3.05, 3.63) is 59.7 Å². The molecule has 0 radical (unpaired) electrons. The number of ether oxygens (including phenoxy) is 2. The molecule has 6 heteroatoms. The highest BCUT2D eigenvalue weighted by atomic mass is 16.5. The number of rotatable bonds is 12. The van der Waals surface area contributed by atoms with Crippen LogP contribution in [0.25, 0.3) is 0 Å². The first-order valence-corrected chi connectivity index (χ1v) is 11.1. The third-order valence-electron chi connectivity index (χ3n) is 5.42. The first-order valence-electron chi connectivity index (χ1n) is 11.1. The molecule has 0 aliphatic carbocycles. The van der Waals surface area contributed by atoms with Crippen molar-refractivity contribution in [3.8, 4) is 5.75 Å². The van der Waals surface area contributed by atoms with E-state index in [2.05, 4.69) is 46.0 Å². The zero-order chi connectivity index (χ0) is 23.8. The number of benzene rings is 2. The van der Waals surface area contributed by atoms with E-state index in [1.807, 2.05) is 42.5 Å². The Bertz CT molecular complexity index is 831. The fourth-order valence-electron chi connectivity index (χ4n) is 3.15. The zero-order valence-corrected chi connectivity index (χ0v) is 20.0. The Morgan fingerprint density at radius 2 is 1.59 bits per heavy atom. The molecule has 0 saturated heterocycles. The van der Waals surface area contributed by atoms with Crippen LogP contribution in [0.4, 0.5) is 5.69 Å². The number of hydrogen-bond donors (Lipinski definition) is 4. The van der Waals surface area contributed by atoms with Gasteiger partial charge in [0.2, 0.25) is 0 Å². The number of anilines is 1. The molecule has 0 aliphatic rings. The maximum atomic E-state index is 9.79. The third-order valence-corrected chi connectivity index (χ3v) is 5.42. The summed E-state index contributed by atoms with van der Waals surface area (Å²) in [5, 5.41) is 31.4. The highest BCUT2D eigenvalue weighted by Crippen LogP contribution is 2.27. The number of aliphatic hydroxyl groups excluding tert-OH is 3. The van der Waals surface area contributed by atoms with Crippen LogP contribution < -0.4 is 10.1 Å². The summed E-state index contributed by atoms with van der Waals surface area (Å²) >= 11 is 0. The Hall–Kier alpha value is -2.12. The Labute approximate surface area is 192 Å². The molecular formula is C26H39NO5. The summed E-state index contributed by atoms with van der Waals surface area (Å²) in [5.41, 5.74) is 2.86. The summed E-state index contributed by atoms with van der Waals surface area (Å²) in [5.74, 6) is 0.766. The van der Waals surface area contributed by atoms with Crippen molar-refractivity contribution in [2.75, 3.05) is 38.3 Å². The minimum Gasteiger partial charge on any atom is -0.491 e. The van der Waals surface area contributed by atoms with E-state index in [4.69, 9.17) is 14.6 Å². The monoisotopic (exact) mass is 445 g/mol. The van der Waals surface area contributed by atoms with Gasteiger partial charge in [0.25, 0.3) is 0 Å². The van der Waals surface area contributed by atoms with E-state index >= 15 is 0 Å². The largest absolute Gasteiger partial charge is 0.491 e. The summed E-state index contributed by atoms with van der Waals surface area (Å²) in [6.07, 6.45) is -1.24. The molecule has 2 atom stereocenters. The van der Waals surface area contributed by atoms with Gasteiger partial charge in [0.15, 0.2) is 0 Å². The lowest BCUT2D eigenvalue weighted by Gasteiger charge is -2.28. The van der Waals surface area contributed by atoms with Crippen molar-refractivity contribution < 1.29 is 24.8 Å². The topological polar surface area (TPSA) is 91.2 Å². The highest BCUT2D eigenvalue weighted by molar-refractivity contribution is 5.47. The molecule has 0 fully saturated rings. The van der Waals surface area contributed by atoms with Gasteiger partial charge < -0.3 is 30.1 Å². The second kappa shape index (κ2) is 11.7. The fraction of sp³-hybridized carbons (Fsp3) is 0.538. The molecule has 32 heavy (non-hydrogen) atoms. The molecule has 2 aromatic rings. The maximum Gasteiger partial charge on any atom is 0.119 e. The molecule has 2 rings (SSSR count). The van der Waals surface area contributed by atoms with Crippen molar-refractivity contribution in [1.29, 1.82) is 0 Å². The third kappa shape index (κ3) is 8.10. The predicted octanol–water partition coefficient (Wildman–Crippen LogP) is 3.48. The first-order chi connectivity index (χ1) is 15.0. The Kier molecular flexibility index (Phi) is 9.52. The van der Waals surface area contributed by atoms with Gasteiger partial charge in [0, 0.05) is 17.6 Å². The number of aliphatic hydroxyl groups is 3.